The number of fused-ring (bicyclic) bond motifs is 1. The molecule has 0 aliphatic heterocycles. The van der Waals surface area contributed by atoms with Crippen LogP contribution in [0.5, 0.6) is 0 Å². The Morgan fingerprint density at radius 3 is 2.68 bits per heavy atom. The maximum absolute atomic E-state index is 10.9. The second-order valence-corrected chi connectivity index (χ2v) is 6.17. The molecule has 0 saturated carbocycles. The average Bonchev–Trinajstić information content (AvgIpc) is 2.76. The molecule has 0 amide bonds. The van der Waals surface area contributed by atoms with Gasteiger partial charge in [0.25, 0.3) is 0 Å². The molecule has 1 aromatic carbocycles. The molecule has 0 aliphatic carbocycles. The SMILES string of the molecule is CCC(C=O)Cc1nc2ccc(C(C)(C)C)cc2[nH]1. The second-order valence-electron chi connectivity index (χ2n) is 6.17. The van der Waals surface area contributed by atoms with Crippen molar-refractivity contribution in [3.8, 4) is 0 Å². The van der Waals surface area contributed by atoms with Crippen molar-refractivity contribution in [1.29, 1.82) is 0 Å². The normalized spacial score (nSPS) is 13.7. The third-order valence-electron chi connectivity index (χ3n) is 3.57. The van der Waals surface area contributed by atoms with Gasteiger partial charge in [-0.25, -0.2) is 4.98 Å². The van der Waals surface area contributed by atoms with Gasteiger partial charge in [0.1, 0.15) is 12.1 Å². The van der Waals surface area contributed by atoms with Crippen LogP contribution >= 0.6 is 0 Å². The Hall–Kier alpha value is -1.64. The zero-order chi connectivity index (χ0) is 14.0. The van der Waals surface area contributed by atoms with Crippen LogP contribution in [0.15, 0.2) is 18.2 Å². The standard InChI is InChI=1S/C16H22N2O/c1-5-11(10-19)8-15-17-13-7-6-12(16(2,3)4)9-14(13)18-15/h6-7,9-11H,5,8H2,1-4H3,(H,17,18). The van der Waals surface area contributed by atoms with E-state index in [1.165, 1.54) is 5.56 Å². The fourth-order valence-corrected chi connectivity index (χ4v) is 2.16. The van der Waals surface area contributed by atoms with Crippen molar-refractivity contribution in [1.82, 2.24) is 9.97 Å². The lowest BCUT2D eigenvalue weighted by Crippen LogP contribution is -2.10. The highest BCUT2D eigenvalue weighted by Crippen LogP contribution is 2.25. The van der Waals surface area contributed by atoms with E-state index in [1.54, 1.807) is 0 Å². The molecule has 0 fully saturated rings. The molecule has 3 heteroatoms. The van der Waals surface area contributed by atoms with E-state index in [0.29, 0.717) is 6.42 Å². The van der Waals surface area contributed by atoms with Crippen LogP contribution in [0.25, 0.3) is 11.0 Å². The number of aldehydes is 1. The summed E-state index contributed by atoms with van der Waals surface area (Å²) in [5.74, 6) is 0.961. The fourth-order valence-electron chi connectivity index (χ4n) is 2.16. The number of H-pyrrole nitrogens is 1. The molecule has 1 N–H and O–H groups in total. The Labute approximate surface area is 114 Å². The molecule has 1 aromatic heterocycles. The van der Waals surface area contributed by atoms with Gasteiger partial charge in [0.05, 0.1) is 11.0 Å². The minimum absolute atomic E-state index is 0.0580. The number of carbonyl (C=O) groups is 1. The number of aromatic nitrogens is 2. The molecular formula is C16H22N2O. The molecule has 2 rings (SSSR count). The Kier molecular flexibility index (Phi) is 3.74. The fraction of sp³-hybridized carbons (Fsp3) is 0.500. The molecule has 0 radical (unpaired) electrons. The van der Waals surface area contributed by atoms with Gasteiger partial charge in [-0.3, -0.25) is 0 Å². The largest absolute Gasteiger partial charge is 0.342 e. The van der Waals surface area contributed by atoms with E-state index in [4.69, 9.17) is 0 Å². The van der Waals surface area contributed by atoms with Crippen molar-refractivity contribution in [3.63, 3.8) is 0 Å². The number of hydrogen-bond acceptors (Lipinski definition) is 2. The monoisotopic (exact) mass is 258 g/mol. The summed E-state index contributed by atoms with van der Waals surface area (Å²) in [5, 5.41) is 0. The van der Waals surface area contributed by atoms with E-state index in [2.05, 4.69) is 48.9 Å². The zero-order valence-electron chi connectivity index (χ0n) is 12.2. The number of carbonyl (C=O) groups excluding carboxylic acids is 1. The van der Waals surface area contributed by atoms with Crippen molar-refractivity contribution >= 4 is 17.3 Å². The Balaban J connectivity index is 2.33. The minimum atomic E-state index is 0.0580. The summed E-state index contributed by atoms with van der Waals surface area (Å²) >= 11 is 0. The van der Waals surface area contributed by atoms with Crippen LogP contribution in [-0.2, 0) is 16.6 Å². The van der Waals surface area contributed by atoms with Gasteiger partial charge >= 0.3 is 0 Å². The highest BCUT2D eigenvalue weighted by atomic mass is 16.1. The number of nitrogens with zero attached hydrogens (tertiary/aromatic N) is 1. The predicted octanol–water partition coefficient (Wildman–Crippen LogP) is 3.63. The van der Waals surface area contributed by atoms with Crippen molar-refractivity contribution in [3.05, 3.63) is 29.6 Å². The topological polar surface area (TPSA) is 45.8 Å². The molecular weight excluding hydrogens is 236 g/mol. The van der Waals surface area contributed by atoms with E-state index in [-0.39, 0.29) is 11.3 Å². The molecule has 19 heavy (non-hydrogen) atoms. The van der Waals surface area contributed by atoms with Crippen LogP contribution in [0.3, 0.4) is 0 Å². The van der Waals surface area contributed by atoms with Crippen LogP contribution in [0, 0.1) is 5.92 Å². The van der Waals surface area contributed by atoms with E-state index in [1.807, 2.05) is 6.92 Å². The summed E-state index contributed by atoms with van der Waals surface area (Å²) in [5.41, 5.74) is 3.46. The number of nitrogens with one attached hydrogen (secondary N) is 1. The summed E-state index contributed by atoms with van der Waals surface area (Å²) in [6, 6.07) is 6.34. The highest BCUT2D eigenvalue weighted by molar-refractivity contribution is 5.76. The maximum atomic E-state index is 10.9. The molecule has 1 unspecified atom stereocenters. The van der Waals surface area contributed by atoms with Crippen LogP contribution in [0.4, 0.5) is 0 Å². The number of aromatic amines is 1. The van der Waals surface area contributed by atoms with Gasteiger partial charge in [0.2, 0.25) is 0 Å². The van der Waals surface area contributed by atoms with Gasteiger partial charge in [-0.05, 0) is 29.5 Å². The van der Waals surface area contributed by atoms with Gasteiger partial charge in [-0.15, -0.1) is 0 Å². The van der Waals surface area contributed by atoms with Crippen molar-refractivity contribution in [2.45, 2.75) is 46.0 Å². The first-order chi connectivity index (χ1) is 8.94. The van der Waals surface area contributed by atoms with Gasteiger partial charge in [0, 0.05) is 12.3 Å². The molecule has 0 bridgehead atoms. The van der Waals surface area contributed by atoms with Gasteiger partial charge in [-0.1, -0.05) is 33.8 Å². The van der Waals surface area contributed by atoms with Crippen LogP contribution in [0.1, 0.15) is 45.5 Å². The van der Waals surface area contributed by atoms with Crippen LogP contribution in [-0.4, -0.2) is 16.3 Å². The Bertz CT molecular complexity index is 578. The molecule has 1 heterocycles. The number of benzene rings is 1. The third-order valence-corrected chi connectivity index (χ3v) is 3.57. The first kappa shape index (κ1) is 13.8. The summed E-state index contributed by atoms with van der Waals surface area (Å²) in [4.78, 5) is 18.8. The lowest BCUT2D eigenvalue weighted by molar-refractivity contribution is -0.111. The van der Waals surface area contributed by atoms with Crippen molar-refractivity contribution in [2.24, 2.45) is 5.92 Å². The predicted molar refractivity (Wildman–Crippen MR) is 78.3 cm³/mol. The number of hydrogen-bond donors (Lipinski definition) is 1. The van der Waals surface area contributed by atoms with E-state index in [9.17, 15) is 4.79 Å². The zero-order valence-corrected chi connectivity index (χ0v) is 12.2. The van der Waals surface area contributed by atoms with Crippen molar-refractivity contribution < 1.29 is 4.79 Å². The Morgan fingerprint density at radius 1 is 1.37 bits per heavy atom. The lowest BCUT2D eigenvalue weighted by atomic mass is 9.87. The van der Waals surface area contributed by atoms with E-state index < -0.39 is 0 Å². The summed E-state index contributed by atoms with van der Waals surface area (Å²) in [6.45, 7) is 8.63. The van der Waals surface area contributed by atoms with Crippen molar-refractivity contribution in [2.75, 3.05) is 0 Å². The van der Waals surface area contributed by atoms with Gasteiger partial charge < -0.3 is 9.78 Å². The summed E-state index contributed by atoms with van der Waals surface area (Å²) in [7, 11) is 0. The average molecular weight is 258 g/mol. The Morgan fingerprint density at radius 2 is 2.11 bits per heavy atom. The molecule has 1 atom stereocenters. The highest BCUT2D eigenvalue weighted by Gasteiger charge is 2.15. The first-order valence-electron chi connectivity index (χ1n) is 6.88. The molecule has 0 spiro atoms. The van der Waals surface area contributed by atoms with Crippen LogP contribution < -0.4 is 0 Å². The molecule has 102 valence electrons. The molecule has 3 nitrogen and oxygen atoms in total. The number of imidazole rings is 1. The molecule has 0 aliphatic rings. The van der Waals surface area contributed by atoms with Gasteiger partial charge in [-0.2, -0.15) is 0 Å². The summed E-state index contributed by atoms with van der Waals surface area (Å²) < 4.78 is 0. The van der Waals surface area contributed by atoms with E-state index >= 15 is 0 Å². The number of rotatable bonds is 4. The van der Waals surface area contributed by atoms with Crippen LogP contribution in [0.2, 0.25) is 0 Å². The lowest BCUT2D eigenvalue weighted by Gasteiger charge is -2.18. The molecule has 0 saturated heterocycles. The smallest absolute Gasteiger partial charge is 0.123 e. The third kappa shape index (κ3) is 3.03. The van der Waals surface area contributed by atoms with Gasteiger partial charge in [0.15, 0.2) is 0 Å². The first-order valence-corrected chi connectivity index (χ1v) is 6.88. The summed E-state index contributed by atoms with van der Waals surface area (Å²) in [6.07, 6.45) is 2.57. The quantitative estimate of drug-likeness (QED) is 0.851. The second kappa shape index (κ2) is 5.16. The maximum Gasteiger partial charge on any atom is 0.123 e. The minimum Gasteiger partial charge on any atom is -0.342 e. The van der Waals surface area contributed by atoms with E-state index in [0.717, 1.165) is 29.6 Å². The molecule has 2 aromatic rings.